The monoisotopic (exact) mass is 701 g/mol. The molecule has 0 aliphatic heterocycles. The van der Waals surface area contributed by atoms with Gasteiger partial charge in [-0.05, 0) is 133 Å². The highest BCUT2D eigenvalue weighted by Gasteiger charge is 2.25. The smallest absolute Gasteiger partial charge is 0.320 e. The van der Waals surface area contributed by atoms with Crippen molar-refractivity contribution in [3.8, 4) is 34.1 Å². The number of aromatic nitrogens is 2. The average Bonchev–Trinajstić information content (AvgIpc) is 2.80. The van der Waals surface area contributed by atoms with Crippen molar-refractivity contribution in [2.75, 3.05) is 11.0 Å². The summed E-state index contributed by atoms with van der Waals surface area (Å²) in [6.45, 7) is 18.5. The molecule has 0 radical (unpaired) electrons. The van der Waals surface area contributed by atoms with Gasteiger partial charge in [-0.2, -0.15) is 4.98 Å². The Labute approximate surface area is 263 Å². The van der Waals surface area contributed by atoms with Gasteiger partial charge in [0.15, 0.2) is 0 Å². The first kappa shape index (κ1) is 32.0. The highest BCUT2D eigenvalue weighted by molar-refractivity contribution is 14.1. The lowest BCUT2D eigenvalue weighted by Crippen LogP contribution is -2.26. The number of halogens is 1. The summed E-state index contributed by atoms with van der Waals surface area (Å²) in [6.07, 6.45) is 2.93. The molecule has 1 aromatic heterocycles. The molecule has 224 valence electrons. The van der Waals surface area contributed by atoms with Crippen LogP contribution < -0.4 is 14.2 Å². The molecular weight excluding hydrogens is 661 g/mol. The lowest BCUT2D eigenvalue weighted by molar-refractivity contribution is 0.103. The van der Waals surface area contributed by atoms with Crippen LogP contribution in [-0.4, -0.2) is 35.8 Å². The van der Waals surface area contributed by atoms with Gasteiger partial charge in [-0.3, -0.25) is 4.72 Å². The number of hydrogen-bond donors (Lipinski definition) is 1. The van der Waals surface area contributed by atoms with Crippen molar-refractivity contribution in [2.45, 2.75) is 78.9 Å². The molecule has 42 heavy (non-hydrogen) atoms. The number of anilines is 1. The number of hydrogen-bond acceptors (Lipinski definition) is 6. The van der Waals surface area contributed by atoms with Gasteiger partial charge in [0.1, 0.15) is 11.2 Å². The van der Waals surface area contributed by atoms with Gasteiger partial charge in [0.05, 0.1) is 11.8 Å². The van der Waals surface area contributed by atoms with Crippen LogP contribution in [-0.2, 0) is 15.4 Å². The van der Waals surface area contributed by atoms with Gasteiger partial charge in [-0.25, -0.2) is 13.4 Å². The van der Waals surface area contributed by atoms with E-state index in [1.165, 1.54) is 5.56 Å². The summed E-state index contributed by atoms with van der Waals surface area (Å²) < 4.78 is 39.5. The zero-order valence-electron chi connectivity index (χ0n) is 26.0. The number of nitrogens with zero attached hydrogens (tertiary/aromatic N) is 2. The van der Waals surface area contributed by atoms with Crippen LogP contribution in [0.25, 0.3) is 33.0 Å². The zero-order valence-corrected chi connectivity index (χ0v) is 29.0. The van der Waals surface area contributed by atoms with E-state index in [1.807, 2.05) is 59.7 Å². The van der Waals surface area contributed by atoms with E-state index in [0.717, 1.165) is 42.9 Å². The van der Waals surface area contributed by atoms with Crippen molar-refractivity contribution in [3.63, 3.8) is 0 Å². The van der Waals surface area contributed by atoms with E-state index < -0.39 is 21.2 Å². The molecule has 0 fully saturated rings. The van der Waals surface area contributed by atoms with Crippen LogP contribution in [0.3, 0.4) is 0 Å². The molecule has 9 heteroatoms. The summed E-state index contributed by atoms with van der Waals surface area (Å²) in [6, 6.07) is 16.4. The first-order valence-electron chi connectivity index (χ1n) is 13.8. The highest BCUT2D eigenvalue weighted by atomic mass is 127. The van der Waals surface area contributed by atoms with Gasteiger partial charge in [0, 0.05) is 15.5 Å². The van der Waals surface area contributed by atoms with Crippen LogP contribution in [0.1, 0.15) is 67.9 Å². The van der Waals surface area contributed by atoms with Crippen LogP contribution in [0, 0.1) is 3.57 Å². The van der Waals surface area contributed by atoms with E-state index in [2.05, 4.69) is 77.3 Å². The summed E-state index contributed by atoms with van der Waals surface area (Å²) in [5.41, 5.74) is 4.53. The zero-order chi connectivity index (χ0) is 31.3. The van der Waals surface area contributed by atoms with Gasteiger partial charge in [-0.15, -0.1) is 0 Å². The fourth-order valence-corrected chi connectivity index (χ4v) is 6.45. The number of ether oxygens (including phenoxy) is 2. The second-order valence-corrected chi connectivity index (χ2v) is 16.4. The van der Waals surface area contributed by atoms with E-state index in [4.69, 9.17) is 14.5 Å². The molecule has 0 saturated carbocycles. The maximum atomic E-state index is 11.7. The largest absolute Gasteiger partial charge is 0.471 e. The first-order valence-corrected chi connectivity index (χ1v) is 16.8. The standard InChI is InChI=1S/C33H40IN3O4S/c1-31(2,3)27-18-23(26-19-35-30(41-33(7,8)9)36-29(26)40-32(4,5)6)17-25(28(27)34)22-12-11-21-16-24(37-42(10,38)39)14-13-20(21)15-22/h11-19,37H,1-10H3. The lowest BCUT2D eigenvalue weighted by atomic mass is 9.83. The maximum Gasteiger partial charge on any atom is 0.320 e. The van der Waals surface area contributed by atoms with Crippen molar-refractivity contribution in [1.29, 1.82) is 0 Å². The molecule has 1 N–H and O–H groups in total. The molecule has 0 saturated heterocycles. The normalized spacial score (nSPS) is 12.8. The third-order valence-electron chi connectivity index (χ3n) is 6.18. The molecule has 4 aromatic rings. The maximum absolute atomic E-state index is 11.7. The molecule has 0 amide bonds. The molecule has 0 bridgehead atoms. The van der Waals surface area contributed by atoms with Crippen LogP contribution in [0.4, 0.5) is 5.69 Å². The summed E-state index contributed by atoms with van der Waals surface area (Å²) in [7, 11) is -3.36. The van der Waals surface area contributed by atoms with Crippen molar-refractivity contribution >= 4 is 49.1 Å². The van der Waals surface area contributed by atoms with E-state index in [-0.39, 0.29) is 11.4 Å². The molecular formula is C33H40IN3O4S. The van der Waals surface area contributed by atoms with Gasteiger partial charge in [-0.1, -0.05) is 39.0 Å². The number of sulfonamides is 1. The Balaban J connectivity index is 1.91. The third-order valence-corrected chi connectivity index (χ3v) is 7.95. The Morgan fingerprint density at radius 3 is 1.98 bits per heavy atom. The predicted octanol–water partition coefficient (Wildman–Crippen LogP) is 8.59. The quantitative estimate of drug-likeness (QED) is 0.203. The van der Waals surface area contributed by atoms with Gasteiger partial charge in [0.2, 0.25) is 15.9 Å². The van der Waals surface area contributed by atoms with Crippen LogP contribution in [0.2, 0.25) is 0 Å². The fraction of sp³-hybridized carbons (Fsp3) is 0.394. The van der Waals surface area contributed by atoms with Gasteiger partial charge < -0.3 is 9.47 Å². The SMILES string of the molecule is CC(C)(C)Oc1ncc(-c2cc(-c3ccc4cc(NS(C)(=O)=O)ccc4c3)c(I)c(C(C)(C)C)c2)c(OC(C)(C)C)n1. The Morgan fingerprint density at radius 1 is 0.762 bits per heavy atom. The van der Waals surface area contributed by atoms with Crippen LogP contribution in [0.5, 0.6) is 11.9 Å². The predicted molar refractivity (Wildman–Crippen MR) is 181 cm³/mol. The summed E-state index contributed by atoms with van der Waals surface area (Å²) >= 11 is 2.44. The summed E-state index contributed by atoms with van der Waals surface area (Å²) in [5, 5.41) is 1.95. The van der Waals surface area contributed by atoms with Crippen molar-refractivity contribution in [1.82, 2.24) is 9.97 Å². The van der Waals surface area contributed by atoms with Crippen LogP contribution >= 0.6 is 22.6 Å². The van der Waals surface area contributed by atoms with Gasteiger partial charge in [0.25, 0.3) is 0 Å². The molecule has 0 unspecified atom stereocenters. The molecule has 1 heterocycles. The van der Waals surface area contributed by atoms with E-state index >= 15 is 0 Å². The Bertz CT molecular complexity index is 1750. The number of fused-ring (bicyclic) bond motifs is 1. The summed E-state index contributed by atoms with van der Waals surface area (Å²) in [4.78, 5) is 9.26. The van der Waals surface area contributed by atoms with E-state index in [0.29, 0.717) is 11.6 Å². The van der Waals surface area contributed by atoms with Gasteiger partial charge >= 0.3 is 6.01 Å². The Morgan fingerprint density at radius 2 is 1.38 bits per heavy atom. The van der Waals surface area contributed by atoms with Crippen molar-refractivity contribution in [3.05, 3.63) is 63.9 Å². The number of benzene rings is 3. The fourth-order valence-electron chi connectivity index (χ4n) is 4.47. The van der Waals surface area contributed by atoms with Crippen molar-refractivity contribution < 1.29 is 17.9 Å². The molecule has 0 atom stereocenters. The molecule has 0 aliphatic rings. The molecule has 4 rings (SSSR count). The minimum absolute atomic E-state index is 0.133. The molecule has 3 aromatic carbocycles. The Hall–Kier alpha value is -2.92. The second-order valence-electron chi connectivity index (χ2n) is 13.6. The molecule has 7 nitrogen and oxygen atoms in total. The minimum atomic E-state index is -3.36. The molecule has 0 spiro atoms. The minimum Gasteiger partial charge on any atom is -0.471 e. The number of nitrogens with one attached hydrogen (secondary N) is 1. The Kier molecular flexibility index (Phi) is 8.61. The first-order chi connectivity index (χ1) is 19.2. The van der Waals surface area contributed by atoms with E-state index in [1.54, 1.807) is 12.3 Å². The number of rotatable bonds is 6. The topological polar surface area (TPSA) is 90.4 Å². The van der Waals surface area contributed by atoms with Crippen LogP contribution in [0.15, 0.2) is 54.7 Å². The third kappa shape index (κ3) is 8.12. The van der Waals surface area contributed by atoms with E-state index in [9.17, 15) is 8.42 Å². The summed E-state index contributed by atoms with van der Waals surface area (Å²) in [5.74, 6) is 0.466. The average molecular weight is 702 g/mol. The van der Waals surface area contributed by atoms with Crippen molar-refractivity contribution in [2.24, 2.45) is 0 Å². The highest BCUT2D eigenvalue weighted by Crippen LogP contribution is 2.41. The molecule has 0 aliphatic carbocycles. The second kappa shape index (κ2) is 11.3. The lowest BCUT2D eigenvalue weighted by Gasteiger charge is -2.26.